The van der Waals surface area contributed by atoms with Crippen LogP contribution in [0.5, 0.6) is 0 Å². The number of fused-ring (bicyclic) bond motifs is 1. The third-order valence-electron chi connectivity index (χ3n) is 4.23. The van der Waals surface area contributed by atoms with E-state index in [0.717, 1.165) is 5.56 Å². The van der Waals surface area contributed by atoms with Gasteiger partial charge in [-0.2, -0.15) is 0 Å². The van der Waals surface area contributed by atoms with Gasteiger partial charge in [-0.25, -0.2) is 9.97 Å². The molecule has 1 amide bonds. The fraction of sp³-hybridized carbons (Fsp3) is 0.0500. The smallest absolute Gasteiger partial charge is 0.228 e. The van der Waals surface area contributed by atoms with Gasteiger partial charge in [-0.15, -0.1) is 0 Å². The lowest BCUT2D eigenvalue weighted by molar-refractivity contribution is -0.115. The van der Waals surface area contributed by atoms with Crippen molar-refractivity contribution < 1.29 is 9.59 Å². The fourth-order valence-electron chi connectivity index (χ4n) is 2.86. The number of aromatic nitrogens is 4. The molecule has 0 unspecified atom stereocenters. The molecule has 0 saturated heterocycles. The van der Waals surface area contributed by atoms with Crippen molar-refractivity contribution in [3.05, 3.63) is 78.1 Å². The number of H-pyrrole nitrogens is 1. The number of rotatable bonds is 5. The number of nitrogen functional groups attached to an aromatic ring is 1. The predicted octanol–water partition coefficient (Wildman–Crippen LogP) is 2.35. The molecule has 4 aromatic rings. The monoisotopic (exact) mass is 372 g/mol. The molecule has 0 aliphatic rings. The summed E-state index contributed by atoms with van der Waals surface area (Å²) in [6, 6.07) is 8.68. The summed E-state index contributed by atoms with van der Waals surface area (Å²) in [5, 5.41) is 3.40. The molecule has 138 valence electrons. The molecule has 0 spiro atoms. The second-order valence-corrected chi connectivity index (χ2v) is 6.25. The highest BCUT2D eigenvalue weighted by Gasteiger charge is 2.16. The number of carbonyl (C=O) groups excluding carboxylic acids is 2. The van der Waals surface area contributed by atoms with Crippen molar-refractivity contribution in [2.45, 2.75) is 6.42 Å². The highest BCUT2D eigenvalue weighted by atomic mass is 16.1. The number of hydrogen-bond acceptors (Lipinski definition) is 6. The zero-order chi connectivity index (χ0) is 19.5. The Balaban J connectivity index is 1.51. The van der Waals surface area contributed by atoms with Crippen LogP contribution in [0.25, 0.3) is 11.0 Å². The summed E-state index contributed by atoms with van der Waals surface area (Å²) in [7, 11) is 0. The summed E-state index contributed by atoms with van der Waals surface area (Å²) in [6.45, 7) is 0. The Kier molecular flexibility index (Phi) is 4.51. The molecule has 4 rings (SSSR count). The second kappa shape index (κ2) is 7.28. The lowest BCUT2D eigenvalue weighted by Gasteiger charge is -2.07. The van der Waals surface area contributed by atoms with Crippen LogP contribution < -0.4 is 11.1 Å². The SMILES string of the molecule is Nc1ccc(CC(=O)Nc2cncc(C(=O)c3c[nH]c4ncncc34)c2)cc1. The first-order chi connectivity index (χ1) is 13.6. The zero-order valence-corrected chi connectivity index (χ0v) is 14.7. The molecule has 28 heavy (non-hydrogen) atoms. The number of hydrogen-bond donors (Lipinski definition) is 3. The first kappa shape index (κ1) is 17.3. The third-order valence-corrected chi connectivity index (χ3v) is 4.23. The molecule has 8 nitrogen and oxygen atoms in total. The van der Waals surface area contributed by atoms with Gasteiger partial charge in [0.2, 0.25) is 5.91 Å². The predicted molar refractivity (Wildman–Crippen MR) is 105 cm³/mol. The minimum absolute atomic E-state index is 0.193. The molecule has 0 aliphatic carbocycles. The fourth-order valence-corrected chi connectivity index (χ4v) is 2.86. The quantitative estimate of drug-likeness (QED) is 0.365. The average Bonchev–Trinajstić information content (AvgIpc) is 3.13. The van der Waals surface area contributed by atoms with Gasteiger partial charge in [0.05, 0.1) is 23.9 Å². The van der Waals surface area contributed by atoms with Crippen molar-refractivity contribution in [3.63, 3.8) is 0 Å². The van der Waals surface area contributed by atoms with E-state index in [4.69, 9.17) is 5.73 Å². The molecule has 8 heteroatoms. The number of aromatic amines is 1. The van der Waals surface area contributed by atoms with Crippen LogP contribution in [0.3, 0.4) is 0 Å². The van der Waals surface area contributed by atoms with Gasteiger partial charge < -0.3 is 16.0 Å². The lowest BCUT2D eigenvalue weighted by Crippen LogP contribution is -2.15. The molecule has 0 saturated carbocycles. The van der Waals surface area contributed by atoms with Crippen LogP contribution in [0.2, 0.25) is 0 Å². The van der Waals surface area contributed by atoms with Crippen molar-refractivity contribution in [2.75, 3.05) is 11.1 Å². The van der Waals surface area contributed by atoms with Crippen molar-refractivity contribution in [3.8, 4) is 0 Å². The maximum absolute atomic E-state index is 12.8. The van der Waals surface area contributed by atoms with Gasteiger partial charge in [0.1, 0.15) is 12.0 Å². The minimum Gasteiger partial charge on any atom is -0.399 e. The molecule has 3 aromatic heterocycles. The van der Waals surface area contributed by atoms with Crippen LogP contribution in [0.1, 0.15) is 21.5 Å². The lowest BCUT2D eigenvalue weighted by atomic mass is 10.1. The zero-order valence-electron chi connectivity index (χ0n) is 14.7. The standard InChI is InChI=1S/C20H16N6O2/c21-14-3-1-12(2-4-14)5-18(27)26-15-6-13(7-22-8-15)19(28)16-10-24-20-17(16)9-23-11-25-20/h1-4,6-11H,5,21H2,(H,26,27)(H,23,24,25). The Morgan fingerprint density at radius 2 is 1.89 bits per heavy atom. The van der Waals surface area contributed by atoms with Gasteiger partial charge >= 0.3 is 0 Å². The number of nitrogens with zero attached hydrogens (tertiary/aromatic N) is 3. The Morgan fingerprint density at radius 3 is 2.71 bits per heavy atom. The number of amides is 1. The van der Waals surface area contributed by atoms with Crippen LogP contribution in [-0.2, 0) is 11.2 Å². The van der Waals surface area contributed by atoms with E-state index in [1.165, 1.54) is 18.7 Å². The normalized spacial score (nSPS) is 10.7. The van der Waals surface area contributed by atoms with Crippen LogP contribution >= 0.6 is 0 Å². The van der Waals surface area contributed by atoms with Crippen molar-refractivity contribution in [2.24, 2.45) is 0 Å². The maximum Gasteiger partial charge on any atom is 0.228 e. The van der Waals surface area contributed by atoms with Gasteiger partial charge in [-0.3, -0.25) is 14.6 Å². The summed E-state index contributed by atoms with van der Waals surface area (Å²) in [5.74, 6) is -0.445. The van der Waals surface area contributed by atoms with E-state index in [0.29, 0.717) is 33.5 Å². The Labute approximate surface area is 159 Å². The summed E-state index contributed by atoms with van der Waals surface area (Å²) in [5.41, 5.74) is 8.96. The number of pyridine rings is 1. The molecule has 1 aromatic carbocycles. The van der Waals surface area contributed by atoms with Crippen molar-refractivity contribution in [1.82, 2.24) is 19.9 Å². The average molecular weight is 372 g/mol. The number of ketones is 1. The summed E-state index contributed by atoms with van der Waals surface area (Å²) in [4.78, 5) is 40.2. The van der Waals surface area contributed by atoms with E-state index < -0.39 is 0 Å². The van der Waals surface area contributed by atoms with Gasteiger partial charge in [0, 0.05) is 35.2 Å². The topological polar surface area (TPSA) is 127 Å². The number of nitrogens with two attached hydrogens (primary N) is 1. The largest absolute Gasteiger partial charge is 0.399 e. The maximum atomic E-state index is 12.8. The van der Waals surface area contributed by atoms with Gasteiger partial charge in [0.15, 0.2) is 5.78 Å². The Morgan fingerprint density at radius 1 is 1.07 bits per heavy atom. The minimum atomic E-state index is -0.233. The van der Waals surface area contributed by atoms with Gasteiger partial charge in [-0.1, -0.05) is 12.1 Å². The molecule has 3 heterocycles. The number of anilines is 2. The van der Waals surface area contributed by atoms with E-state index >= 15 is 0 Å². The molecular formula is C20H16N6O2. The number of benzene rings is 1. The highest BCUT2D eigenvalue weighted by molar-refractivity contribution is 6.16. The van der Waals surface area contributed by atoms with Crippen LogP contribution in [0.4, 0.5) is 11.4 Å². The van der Waals surface area contributed by atoms with E-state index in [2.05, 4.69) is 25.3 Å². The third kappa shape index (κ3) is 3.56. The van der Waals surface area contributed by atoms with Crippen molar-refractivity contribution in [1.29, 1.82) is 0 Å². The van der Waals surface area contributed by atoms with E-state index in [1.807, 2.05) is 0 Å². The molecule has 4 N–H and O–H groups in total. The van der Waals surface area contributed by atoms with Crippen LogP contribution in [-0.4, -0.2) is 31.6 Å². The summed E-state index contributed by atoms with van der Waals surface area (Å²) < 4.78 is 0. The molecule has 0 aliphatic heterocycles. The summed E-state index contributed by atoms with van der Waals surface area (Å²) >= 11 is 0. The van der Waals surface area contributed by atoms with Gasteiger partial charge in [0.25, 0.3) is 0 Å². The highest BCUT2D eigenvalue weighted by Crippen LogP contribution is 2.20. The van der Waals surface area contributed by atoms with Crippen LogP contribution in [0, 0.1) is 0 Å². The summed E-state index contributed by atoms with van der Waals surface area (Å²) in [6.07, 6.45) is 7.73. The molecular weight excluding hydrogens is 356 g/mol. The van der Waals surface area contributed by atoms with Gasteiger partial charge in [-0.05, 0) is 23.8 Å². The Bertz CT molecular complexity index is 1170. The van der Waals surface area contributed by atoms with Crippen molar-refractivity contribution >= 4 is 34.1 Å². The molecule has 0 radical (unpaired) electrons. The Hall–Kier alpha value is -4.07. The van der Waals surface area contributed by atoms with E-state index in [-0.39, 0.29) is 18.1 Å². The molecule has 0 bridgehead atoms. The first-order valence-corrected chi connectivity index (χ1v) is 8.51. The number of nitrogens with one attached hydrogen (secondary N) is 2. The number of carbonyl (C=O) groups is 2. The first-order valence-electron chi connectivity index (χ1n) is 8.51. The second-order valence-electron chi connectivity index (χ2n) is 6.25. The molecule has 0 atom stereocenters. The molecule has 0 fully saturated rings. The van der Waals surface area contributed by atoms with E-state index in [1.54, 1.807) is 42.7 Å². The van der Waals surface area contributed by atoms with E-state index in [9.17, 15) is 9.59 Å². The van der Waals surface area contributed by atoms with Crippen LogP contribution in [0.15, 0.2) is 61.4 Å².